The number of aliphatic hydroxyl groups excluding tert-OH is 1. The van der Waals surface area contributed by atoms with Crippen LogP contribution in [0, 0.1) is 39.9 Å². The van der Waals surface area contributed by atoms with Crippen LogP contribution in [-0.4, -0.2) is 16.9 Å². The summed E-state index contributed by atoms with van der Waals surface area (Å²) in [6.07, 6.45) is 10.9. The quantitative estimate of drug-likeness (QED) is 0.681. The molecule has 5 unspecified atom stereocenters. The molecule has 21 heavy (non-hydrogen) atoms. The molecule has 4 fully saturated rings. The molecular formula is C19H31NO. The second-order valence-corrected chi connectivity index (χ2v) is 9.10. The summed E-state index contributed by atoms with van der Waals surface area (Å²) in [5.74, 6) is 3.27. The first kappa shape index (κ1) is 14.2. The maximum Gasteiger partial charge on any atom is 0.0596 e. The van der Waals surface area contributed by atoms with Crippen LogP contribution in [0.3, 0.4) is 0 Å². The topological polar surface area (TPSA) is 44.1 Å². The zero-order valence-electron chi connectivity index (χ0n) is 13.7. The molecule has 4 aliphatic rings. The van der Waals surface area contributed by atoms with Gasteiger partial charge in [0.2, 0.25) is 0 Å². The SMILES string of the molecule is C[C@]12CCC(=N)CC1CCC1C2CC[C@]2(C)C(O)CCC12. The van der Waals surface area contributed by atoms with Crippen molar-refractivity contribution in [3.63, 3.8) is 0 Å². The molecular weight excluding hydrogens is 258 g/mol. The van der Waals surface area contributed by atoms with E-state index >= 15 is 0 Å². The minimum absolute atomic E-state index is 0.0477. The maximum absolute atomic E-state index is 10.5. The van der Waals surface area contributed by atoms with Crippen molar-refractivity contribution in [2.45, 2.75) is 77.7 Å². The predicted molar refractivity (Wildman–Crippen MR) is 85.5 cm³/mol. The Bertz CT molecular complexity index is 460. The highest BCUT2D eigenvalue weighted by Gasteiger charge is 2.59. The van der Waals surface area contributed by atoms with Gasteiger partial charge in [-0.2, -0.15) is 0 Å². The van der Waals surface area contributed by atoms with Crippen LogP contribution in [0.15, 0.2) is 0 Å². The molecule has 0 bridgehead atoms. The Labute approximate surface area is 129 Å². The lowest BCUT2D eigenvalue weighted by atomic mass is 9.45. The third-order valence-corrected chi connectivity index (χ3v) is 8.47. The molecule has 0 aromatic heterocycles. The highest BCUT2D eigenvalue weighted by Crippen LogP contribution is 2.65. The van der Waals surface area contributed by atoms with E-state index in [4.69, 9.17) is 5.41 Å². The van der Waals surface area contributed by atoms with Gasteiger partial charge in [0.25, 0.3) is 0 Å². The summed E-state index contributed by atoms with van der Waals surface area (Å²) < 4.78 is 0. The number of hydrogen-bond donors (Lipinski definition) is 2. The van der Waals surface area contributed by atoms with Crippen LogP contribution < -0.4 is 0 Å². The summed E-state index contributed by atoms with van der Waals surface area (Å²) in [5.41, 5.74) is 1.71. The Morgan fingerprint density at radius 1 is 0.952 bits per heavy atom. The summed E-state index contributed by atoms with van der Waals surface area (Å²) in [6, 6.07) is 0. The van der Waals surface area contributed by atoms with Gasteiger partial charge in [-0.05, 0) is 92.3 Å². The molecule has 4 saturated carbocycles. The van der Waals surface area contributed by atoms with Crippen molar-refractivity contribution in [3.8, 4) is 0 Å². The van der Waals surface area contributed by atoms with Crippen LogP contribution in [0.4, 0.5) is 0 Å². The minimum atomic E-state index is -0.0477. The number of nitrogens with one attached hydrogen (secondary N) is 1. The van der Waals surface area contributed by atoms with Crippen molar-refractivity contribution >= 4 is 5.71 Å². The first-order valence-electron chi connectivity index (χ1n) is 9.19. The van der Waals surface area contributed by atoms with Crippen molar-refractivity contribution in [1.82, 2.24) is 0 Å². The van der Waals surface area contributed by atoms with Crippen molar-refractivity contribution in [2.75, 3.05) is 0 Å². The fourth-order valence-electron chi connectivity index (χ4n) is 7.05. The molecule has 0 amide bonds. The van der Waals surface area contributed by atoms with Crippen molar-refractivity contribution < 1.29 is 5.11 Å². The molecule has 7 atom stereocenters. The Morgan fingerprint density at radius 3 is 2.52 bits per heavy atom. The Hall–Kier alpha value is -0.370. The van der Waals surface area contributed by atoms with Crippen molar-refractivity contribution in [1.29, 1.82) is 5.41 Å². The first-order chi connectivity index (χ1) is 9.95. The largest absolute Gasteiger partial charge is 0.393 e. The molecule has 0 radical (unpaired) electrons. The summed E-state index contributed by atoms with van der Waals surface area (Å²) in [6.45, 7) is 4.92. The van der Waals surface area contributed by atoms with E-state index in [0.29, 0.717) is 5.41 Å². The van der Waals surface area contributed by atoms with Gasteiger partial charge in [-0.3, -0.25) is 0 Å². The molecule has 4 aliphatic carbocycles. The molecule has 0 aliphatic heterocycles. The maximum atomic E-state index is 10.5. The van der Waals surface area contributed by atoms with E-state index in [-0.39, 0.29) is 11.5 Å². The normalized spacial score (nSPS) is 56.5. The summed E-state index contributed by atoms with van der Waals surface area (Å²) in [4.78, 5) is 0. The third-order valence-electron chi connectivity index (χ3n) is 8.47. The Morgan fingerprint density at radius 2 is 1.71 bits per heavy atom. The lowest BCUT2D eigenvalue weighted by molar-refractivity contribution is -0.112. The Kier molecular flexibility index (Phi) is 3.10. The van der Waals surface area contributed by atoms with Gasteiger partial charge in [-0.15, -0.1) is 0 Å². The third kappa shape index (κ3) is 1.84. The summed E-state index contributed by atoms with van der Waals surface area (Å²) in [7, 11) is 0. The number of hydrogen-bond acceptors (Lipinski definition) is 2. The second kappa shape index (κ2) is 4.57. The zero-order chi connectivity index (χ0) is 14.8. The average Bonchev–Trinajstić information content (AvgIpc) is 2.76. The lowest BCUT2D eigenvalue weighted by Crippen LogP contribution is -2.54. The fraction of sp³-hybridized carbons (Fsp3) is 0.947. The molecule has 0 saturated heterocycles. The van der Waals surface area contributed by atoms with Gasteiger partial charge in [-0.25, -0.2) is 0 Å². The van der Waals surface area contributed by atoms with Gasteiger partial charge in [0.15, 0.2) is 0 Å². The predicted octanol–water partition coefficient (Wildman–Crippen LogP) is 4.41. The van der Waals surface area contributed by atoms with Crippen LogP contribution in [-0.2, 0) is 0 Å². The van der Waals surface area contributed by atoms with Crippen LogP contribution in [0.2, 0.25) is 0 Å². The average molecular weight is 289 g/mol. The van der Waals surface area contributed by atoms with Gasteiger partial charge < -0.3 is 10.5 Å². The van der Waals surface area contributed by atoms with E-state index < -0.39 is 0 Å². The van der Waals surface area contributed by atoms with E-state index in [9.17, 15) is 5.11 Å². The van der Waals surface area contributed by atoms with E-state index in [1.165, 1.54) is 38.5 Å². The molecule has 0 heterocycles. The van der Waals surface area contributed by atoms with Gasteiger partial charge >= 0.3 is 0 Å². The van der Waals surface area contributed by atoms with E-state index in [0.717, 1.165) is 48.6 Å². The van der Waals surface area contributed by atoms with E-state index in [2.05, 4.69) is 13.8 Å². The summed E-state index contributed by atoms with van der Waals surface area (Å²) >= 11 is 0. The van der Waals surface area contributed by atoms with Crippen molar-refractivity contribution in [3.05, 3.63) is 0 Å². The van der Waals surface area contributed by atoms with Gasteiger partial charge in [-0.1, -0.05) is 13.8 Å². The van der Waals surface area contributed by atoms with Crippen LogP contribution in [0.1, 0.15) is 71.6 Å². The van der Waals surface area contributed by atoms with Crippen LogP contribution in [0.25, 0.3) is 0 Å². The molecule has 0 spiro atoms. The van der Waals surface area contributed by atoms with Crippen molar-refractivity contribution in [2.24, 2.45) is 34.5 Å². The van der Waals surface area contributed by atoms with E-state index in [1.54, 1.807) is 0 Å². The highest BCUT2D eigenvalue weighted by atomic mass is 16.3. The second-order valence-electron chi connectivity index (χ2n) is 9.10. The first-order valence-corrected chi connectivity index (χ1v) is 9.19. The van der Waals surface area contributed by atoms with E-state index in [1.807, 2.05) is 0 Å². The molecule has 0 aromatic rings. The number of rotatable bonds is 0. The molecule has 2 nitrogen and oxygen atoms in total. The number of aliphatic hydroxyl groups is 1. The monoisotopic (exact) mass is 289 g/mol. The molecule has 4 rings (SSSR count). The van der Waals surface area contributed by atoms with Gasteiger partial charge in [0.1, 0.15) is 0 Å². The van der Waals surface area contributed by atoms with Crippen LogP contribution >= 0.6 is 0 Å². The minimum Gasteiger partial charge on any atom is -0.393 e. The van der Waals surface area contributed by atoms with Crippen LogP contribution in [0.5, 0.6) is 0 Å². The summed E-state index contributed by atoms with van der Waals surface area (Å²) in [5, 5.41) is 18.5. The highest BCUT2D eigenvalue weighted by molar-refractivity contribution is 5.82. The fourth-order valence-corrected chi connectivity index (χ4v) is 7.05. The standard InChI is InChI=1S/C19H31NO/c1-18-9-7-13(20)11-12(18)3-4-14-15-5-6-17(21)19(15,2)10-8-16(14)18/h12,14-17,20-21H,3-11H2,1-2H3/t12?,14?,15?,16?,17?,18-,19-/m0/s1. The van der Waals surface area contributed by atoms with Gasteiger partial charge in [0.05, 0.1) is 6.10 Å². The smallest absolute Gasteiger partial charge is 0.0596 e. The lowest BCUT2D eigenvalue weighted by Gasteiger charge is -2.60. The number of fused-ring (bicyclic) bond motifs is 5. The zero-order valence-corrected chi connectivity index (χ0v) is 13.7. The molecule has 0 aromatic carbocycles. The Balaban J connectivity index is 1.64. The van der Waals surface area contributed by atoms with Gasteiger partial charge in [0, 0.05) is 5.71 Å². The molecule has 2 N–H and O–H groups in total. The molecule has 2 heteroatoms. The molecule has 118 valence electrons.